The van der Waals surface area contributed by atoms with E-state index in [4.69, 9.17) is 9.47 Å². The van der Waals surface area contributed by atoms with E-state index in [9.17, 15) is 26.9 Å². The van der Waals surface area contributed by atoms with E-state index in [-0.39, 0.29) is 40.7 Å². The predicted molar refractivity (Wildman–Crippen MR) is 136 cm³/mol. The van der Waals surface area contributed by atoms with E-state index in [2.05, 4.69) is 10.0 Å². The van der Waals surface area contributed by atoms with Crippen LogP contribution >= 0.6 is 0 Å². The fourth-order valence-electron chi connectivity index (χ4n) is 3.70. The molecule has 1 aliphatic heterocycles. The van der Waals surface area contributed by atoms with Gasteiger partial charge in [-0.15, -0.1) is 0 Å². The Morgan fingerprint density at radius 3 is 2.54 bits per heavy atom. The maximum atomic E-state index is 13.7. The molecule has 198 valence electrons. The number of hydrogen-bond acceptors (Lipinski definition) is 8. The summed E-state index contributed by atoms with van der Waals surface area (Å²) in [7, 11) is -7.70. The van der Waals surface area contributed by atoms with Crippen LogP contribution < -0.4 is 19.1 Å². The monoisotopic (exact) mass is 548 g/mol. The van der Waals surface area contributed by atoms with Gasteiger partial charge >= 0.3 is 6.09 Å². The van der Waals surface area contributed by atoms with Crippen LogP contribution in [0.3, 0.4) is 0 Å². The fourth-order valence-corrected chi connectivity index (χ4v) is 6.66. The molecule has 2 aliphatic rings. The summed E-state index contributed by atoms with van der Waals surface area (Å²) >= 11 is 0. The van der Waals surface area contributed by atoms with Crippen LogP contribution in [0.2, 0.25) is 0 Å². The zero-order valence-electron chi connectivity index (χ0n) is 20.6. The normalized spacial score (nSPS) is 17.8. The summed E-state index contributed by atoms with van der Waals surface area (Å²) in [6.45, 7) is 4.83. The van der Waals surface area contributed by atoms with Gasteiger partial charge in [-0.2, -0.15) is 5.26 Å². The third-order valence-corrected chi connectivity index (χ3v) is 9.26. The molecule has 2 N–H and O–H groups in total. The lowest BCUT2D eigenvalue weighted by Crippen LogP contribution is -2.48. The van der Waals surface area contributed by atoms with Crippen molar-refractivity contribution in [3.63, 3.8) is 0 Å². The number of anilines is 2. The lowest BCUT2D eigenvalue weighted by molar-refractivity contribution is 0.0636. The predicted octanol–water partition coefficient (Wildman–Crippen LogP) is 2.94. The van der Waals surface area contributed by atoms with Crippen LogP contribution in [0.4, 0.5) is 16.2 Å². The minimum atomic E-state index is -4.19. The highest BCUT2D eigenvalue weighted by Crippen LogP contribution is 2.39. The number of nitrogens with one attached hydrogen (secondary N) is 2. The van der Waals surface area contributed by atoms with Crippen LogP contribution in [-0.4, -0.2) is 53.0 Å². The number of hydrogen-bond donors (Lipinski definition) is 2. The number of amides is 1. The number of nitriles is 1. The van der Waals surface area contributed by atoms with Crippen LogP contribution in [0.5, 0.6) is 5.75 Å². The molecular formula is C24H28N4O7S2. The first-order valence-corrected chi connectivity index (χ1v) is 14.6. The Balaban J connectivity index is 1.67. The maximum absolute atomic E-state index is 13.7. The van der Waals surface area contributed by atoms with Crippen molar-refractivity contribution in [3.05, 3.63) is 48.0 Å². The molecule has 37 heavy (non-hydrogen) atoms. The molecule has 11 nitrogen and oxygen atoms in total. The van der Waals surface area contributed by atoms with Crippen molar-refractivity contribution in [1.29, 1.82) is 5.26 Å². The molecule has 2 aromatic rings. The number of nitrogens with zero attached hydrogens (tertiary/aromatic N) is 2. The second-order valence-electron chi connectivity index (χ2n) is 9.82. The molecule has 1 amide bonds. The van der Waals surface area contributed by atoms with E-state index in [1.165, 1.54) is 42.5 Å². The zero-order chi connectivity index (χ0) is 27.0. The molecule has 0 saturated heterocycles. The van der Waals surface area contributed by atoms with Gasteiger partial charge in [-0.25, -0.2) is 26.4 Å². The lowest BCUT2D eigenvalue weighted by atomic mass is 10.2. The van der Waals surface area contributed by atoms with Gasteiger partial charge in [0.05, 0.1) is 34.0 Å². The second kappa shape index (κ2) is 9.85. The summed E-state index contributed by atoms with van der Waals surface area (Å²) in [5.74, 6) is 0.191. The lowest BCUT2D eigenvalue weighted by Gasteiger charge is -2.36. The molecule has 4 rings (SSSR count). The van der Waals surface area contributed by atoms with Crippen LogP contribution in [0, 0.1) is 11.3 Å². The van der Waals surface area contributed by atoms with Crippen LogP contribution in [-0.2, 0) is 24.8 Å². The van der Waals surface area contributed by atoms with Crippen molar-refractivity contribution in [2.45, 2.75) is 55.5 Å². The van der Waals surface area contributed by atoms with Gasteiger partial charge < -0.3 is 9.47 Å². The molecule has 0 spiro atoms. The van der Waals surface area contributed by atoms with Crippen molar-refractivity contribution < 1.29 is 31.1 Å². The Labute approximate surface area is 216 Å². The van der Waals surface area contributed by atoms with Gasteiger partial charge in [0.1, 0.15) is 17.5 Å². The van der Waals surface area contributed by atoms with Crippen molar-refractivity contribution in [3.8, 4) is 11.8 Å². The van der Waals surface area contributed by atoms with Gasteiger partial charge in [0, 0.05) is 12.2 Å². The molecule has 0 unspecified atom stereocenters. The van der Waals surface area contributed by atoms with E-state index in [0.717, 1.165) is 4.31 Å². The topological polar surface area (TPSA) is 155 Å². The summed E-state index contributed by atoms with van der Waals surface area (Å²) in [6.07, 6.45) is -0.355. The number of sulfonamides is 2. The summed E-state index contributed by atoms with van der Waals surface area (Å²) in [5.41, 5.74) is -0.139. The van der Waals surface area contributed by atoms with Crippen LogP contribution in [0.1, 0.15) is 39.2 Å². The van der Waals surface area contributed by atoms with Gasteiger partial charge in [-0.3, -0.25) is 9.62 Å². The van der Waals surface area contributed by atoms with Gasteiger partial charge in [0.15, 0.2) is 0 Å². The quantitative estimate of drug-likeness (QED) is 0.535. The minimum Gasteiger partial charge on any atom is -0.485 e. The van der Waals surface area contributed by atoms with Gasteiger partial charge in [-0.05, 0) is 70.0 Å². The molecule has 1 fully saturated rings. The van der Waals surface area contributed by atoms with E-state index in [1.807, 2.05) is 6.07 Å². The summed E-state index contributed by atoms with van der Waals surface area (Å²) in [4.78, 5) is 12.2. The molecule has 13 heteroatoms. The summed E-state index contributed by atoms with van der Waals surface area (Å²) < 4.78 is 66.9. The highest BCUT2D eigenvalue weighted by Gasteiger charge is 2.38. The number of fused-ring (bicyclic) bond motifs is 1. The standard InChI is InChI=1S/C24H28N4O7S2/c1-24(2,3)35-23(29)27-17-7-10-22-21(12-17)28(37(32,33)20-6-4-5-16(11-20)13-25)15-18(34-22)14-26-36(30,31)19-8-9-19/h4-7,10-12,18-19,26H,8-9,14-15H2,1-3H3,(H,27,29)/t18-/m0/s1. The zero-order valence-corrected chi connectivity index (χ0v) is 22.2. The van der Waals surface area contributed by atoms with Crippen LogP contribution in [0.15, 0.2) is 47.4 Å². The van der Waals surface area contributed by atoms with Crippen LogP contribution in [0.25, 0.3) is 0 Å². The minimum absolute atomic E-state index is 0.109. The molecule has 0 bridgehead atoms. The third-order valence-electron chi connectivity index (χ3n) is 5.56. The Kier molecular flexibility index (Phi) is 7.11. The third kappa shape index (κ3) is 6.33. The molecule has 0 radical (unpaired) electrons. The molecule has 1 aliphatic carbocycles. The Morgan fingerprint density at radius 2 is 1.89 bits per heavy atom. The first-order valence-electron chi connectivity index (χ1n) is 11.6. The second-order valence-corrected chi connectivity index (χ2v) is 13.7. The first-order chi connectivity index (χ1) is 17.3. The average Bonchev–Trinajstić information content (AvgIpc) is 3.67. The summed E-state index contributed by atoms with van der Waals surface area (Å²) in [6, 6.07) is 12.0. The number of ether oxygens (including phenoxy) is 2. The number of benzene rings is 2. The molecule has 1 heterocycles. The first kappa shape index (κ1) is 26.7. The van der Waals surface area contributed by atoms with Crippen molar-refractivity contribution in [1.82, 2.24) is 4.72 Å². The smallest absolute Gasteiger partial charge is 0.412 e. The fraction of sp³-hybridized carbons (Fsp3) is 0.417. The Bertz CT molecular complexity index is 1460. The van der Waals surface area contributed by atoms with E-state index >= 15 is 0 Å². The number of carbonyl (C=O) groups excluding carboxylic acids is 1. The Hall–Kier alpha value is -3.34. The molecule has 0 aromatic heterocycles. The van der Waals surface area contributed by atoms with E-state index < -0.39 is 43.1 Å². The van der Waals surface area contributed by atoms with Gasteiger partial charge in [-0.1, -0.05) is 6.07 Å². The highest BCUT2D eigenvalue weighted by atomic mass is 32.2. The van der Waals surface area contributed by atoms with Crippen molar-refractivity contribution >= 4 is 37.5 Å². The largest absolute Gasteiger partial charge is 0.485 e. The van der Waals surface area contributed by atoms with E-state index in [1.54, 1.807) is 20.8 Å². The molecular weight excluding hydrogens is 520 g/mol. The highest BCUT2D eigenvalue weighted by molar-refractivity contribution is 7.92. The summed E-state index contributed by atoms with van der Waals surface area (Å²) in [5, 5.41) is 11.4. The number of carbonyl (C=O) groups is 1. The van der Waals surface area contributed by atoms with Gasteiger partial charge in [0.25, 0.3) is 10.0 Å². The molecule has 1 atom stereocenters. The Morgan fingerprint density at radius 1 is 1.16 bits per heavy atom. The van der Waals surface area contributed by atoms with Crippen molar-refractivity contribution in [2.75, 3.05) is 22.7 Å². The number of rotatable bonds is 7. The SMILES string of the molecule is CC(C)(C)OC(=O)Nc1ccc2c(c1)N(S(=O)(=O)c1cccc(C#N)c1)C[C@H](CNS(=O)(=O)C1CC1)O2. The molecule has 2 aromatic carbocycles. The van der Waals surface area contributed by atoms with E-state index in [0.29, 0.717) is 12.8 Å². The maximum Gasteiger partial charge on any atom is 0.412 e. The average molecular weight is 549 g/mol. The molecule has 1 saturated carbocycles. The van der Waals surface area contributed by atoms with Crippen molar-refractivity contribution in [2.24, 2.45) is 0 Å². The van der Waals surface area contributed by atoms with Gasteiger partial charge in [0.2, 0.25) is 10.0 Å².